The van der Waals surface area contributed by atoms with Crippen LogP contribution in [0.4, 0.5) is 0 Å². The Morgan fingerprint density at radius 2 is 2.08 bits per heavy atom. The van der Waals surface area contributed by atoms with Crippen molar-refractivity contribution in [2.75, 3.05) is 6.54 Å². The van der Waals surface area contributed by atoms with Crippen LogP contribution < -0.4 is 0 Å². The normalized spacial score (nSPS) is 32.3. The van der Waals surface area contributed by atoms with Crippen LogP contribution in [0.15, 0.2) is 47.6 Å². The summed E-state index contributed by atoms with van der Waals surface area (Å²) in [7, 11) is 0. The fourth-order valence-electron chi connectivity index (χ4n) is 4.89. The van der Waals surface area contributed by atoms with Gasteiger partial charge in [-0.3, -0.25) is 4.90 Å². The van der Waals surface area contributed by atoms with Gasteiger partial charge >= 0.3 is 5.97 Å². The molecule has 2 fully saturated rings. The van der Waals surface area contributed by atoms with E-state index in [4.69, 9.17) is 4.74 Å². The van der Waals surface area contributed by atoms with Gasteiger partial charge in [0.1, 0.15) is 0 Å². The molecule has 0 bridgehead atoms. The van der Waals surface area contributed by atoms with Gasteiger partial charge in [0.25, 0.3) is 0 Å². The van der Waals surface area contributed by atoms with E-state index in [0.717, 1.165) is 36.1 Å². The summed E-state index contributed by atoms with van der Waals surface area (Å²) in [6.45, 7) is 3.25. The quantitative estimate of drug-likeness (QED) is 0.585. The second kappa shape index (κ2) is 5.34. The van der Waals surface area contributed by atoms with Gasteiger partial charge in [0.05, 0.1) is 12.1 Å². The van der Waals surface area contributed by atoms with Crippen molar-refractivity contribution in [2.45, 2.75) is 50.3 Å². The Morgan fingerprint density at radius 3 is 2.88 bits per heavy atom. The first-order valence-electron chi connectivity index (χ1n) is 9.26. The molecule has 0 aromatic heterocycles. The first-order valence-corrected chi connectivity index (χ1v) is 9.26. The highest BCUT2D eigenvalue weighted by molar-refractivity contribution is 5.91. The minimum atomic E-state index is -0.437. The molecular weight excluding hydrogens is 310 g/mol. The Bertz CT molecular complexity index is 868. The summed E-state index contributed by atoms with van der Waals surface area (Å²) in [5.74, 6) is 6.38. The van der Waals surface area contributed by atoms with Crippen molar-refractivity contribution in [1.82, 2.24) is 4.90 Å². The van der Waals surface area contributed by atoms with Crippen LogP contribution in [0.5, 0.6) is 0 Å². The Hall–Kier alpha value is -2.31. The van der Waals surface area contributed by atoms with Gasteiger partial charge in [-0.25, -0.2) is 4.79 Å². The number of fused-ring (bicyclic) bond motifs is 2. The number of esters is 1. The van der Waals surface area contributed by atoms with Gasteiger partial charge in [-0.15, -0.1) is 0 Å². The number of carbonyl (C=O) groups is 1. The molecular formula is C22H21NO2. The average molecular weight is 331 g/mol. The van der Waals surface area contributed by atoms with E-state index in [1.165, 1.54) is 18.4 Å². The fourth-order valence-corrected chi connectivity index (χ4v) is 4.89. The molecule has 2 saturated heterocycles. The van der Waals surface area contributed by atoms with Crippen molar-refractivity contribution in [3.05, 3.63) is 58.7 Å². The zero-order valence-electron chi connectivity index (χ0n) is 14.4. The lowest BCUT2D eigenvalue weighted by Gasteiger charge is -2.60. The predicted molar refractivity (Wildman–Crippen MR) is 95.8 cm³/mol. The molecule has 1 aromatic carbocycles. The van der Waals surface area contributed by atoms with Crippen molar-refractivity contribution in [1.29, 1.82) is 0 Å². The Kier molecular flexibility index (Phi) is 3.20. The van der Waals surface area contributed by atoms with Gasteiger partial charge in [-0.05, 0) is 49.6 Å². The lowest BCUT2D eigenvalue weighted by Crippen LogP contribution is -2.76. The maximum atomic E-state index is 12.0. The fraction of sp³-hybridized carbons (Fsp3) is 0.409. The maximum Gasteiger partial charge on any atom is 0.332 e. The standard InChI is InChI=1S/C22H21NO2/c1-2-15-6-8-16(9-7-15)10-11-17-13-20-22(18(17)14-21(24)25-22)19-5-3-4-12-23(19)20/h6-9,13-14,19-20H,2-5,12H2,1H3/t19-,20-,22?/m1/s1. The van der Waals surface area contributed by atoms with Crippen molar-refractivity contribution >= 4 is 5.97 Å². The van der Waals surface area contributed by atoms with E-state index in [1.807, 2.05) is 0 Å². The molecule has 0 saturated carbocycles. The first kappa shape index (κ1) is 15.0. The number of nitrogens with zero attached hydrogens (tertiary/aromatic N) is 1. The Labute approximate surface area is 148 Å². The number of ether oxygens (including phenoxy) is 1. The summed E-state index contributed by atoms with van der Waals surface area (Å²) >= 11 is 0. The summed E-state index contributed by atoms with van der Waals surface area (Å²) < 4.78 is 5.86. The van der Waals surface area contributed by atoms with Crippen molar-refractivity contribution in [3.8, 4) is 11.8 Å². The smallest absolute Gasteiger partial charge is 0.332 e. The maximum absolute atomic E-state index is 12.0. The second-order valence-corrected chi connectivity index (χ2v) is 7.35. The summed E-state index contributed by atoms with van der Waals surface area (Å²) in [6.07, 6.45) is 8.47. The van der Waals surface area contributed by atoms with Crippen LogP contribution in [0.25, 0.3) is 0 Å². The molecule has 3 nitrogen and oxygen atoms in total. The van der Waals surface area contributed by atoms with E-state index in [2.05, 4.69) is 54.0 Å². The van der Waals surface area contributed by atoms with Crippen LogP contribution in [0.2, 0.25) is 0 Å². The zero-order valence-corrected chi connectivity index (χ0v) is 14.4. The summed E-state index contributed by atoms with van der Waals surface area (Å²) in [4.78, 5) is 14.5. The molecule has 5 rings (SSSR count). The van der Waals surface area contributed by atoms with E-state index in [1.54, 1.807) is 6.08 Å². The topological polar surface area (TPSA) is 29.5 Å². The van der Waals surface area contributed by atoms with Crippen LogP contribution in [-0.4, -0.2) is 35.1 Å². The van der Waals surface area contributed by atoms with E-state index in [0.29, 0.717) is 6.04 Å². The highest BCUT2D eigenvalue weighted by Gasteiger charge is 2.69. The number of hydrogen-bond acceptors (Lipinski definition) is 3. The molecule has 0 amide bonds. The van der Waals surface area contributed by atoms with E-state index in [9.17, 15) is 4.79 Å². The second-order valence-electron chi connectivity index (χ2n) is 7.35. The molecule has 0 N–H and O–H groups in total. The lowest BCUT2D eigenvalue weighted by atomic mass is 9.70. The number of rotatable bonds is 1. The van der Waals surface area contributed by atoms with Gasteiger partial charge in [0.15, 0.2) is 5.60 Å². The van der Waals surface area contributed by atoms with E-state index < -0.39 is 5.60 Å². The number of carbonyl (C=O) groups excluding carboxylic acids is 1. The van der Waals surface area contributed by atoms with Gasteiger partial charge in [-0.2, -0.15) is 0 Å². The minimum Gasteiger partial charge on any atom is -0.447 e. The predicted octanol–water partition coefficient (Wildman–Crippen LogP) is 3.00. The third kappa shape index (κ3) is 2.01. The molecule has 1 aliphatic carbocycles. The van der Waals surface area contributed by atoms with Crippen LogP contribution in [0.1, 0.15) is 37.3 Å². The molecule has 3 heterocycles. The summed E-state index contributed by atoms with van der Waals surface area (Å²) in [5, 5.41) is 0. The summed E-state index contributed by atoms with van der Waals surface area (Å²) in [5.41, 5.74) is 3.88. The molecule has 1 spiro atoms. The monoisotopic (exact) mass is 331 g/mol. The molecule has 1 aromatic rings. The minimum absolute atomic E-state index is 0.183. The third-order valence-corrected chi connectivity index (χ3v) is 6.11. The van der Waals surface area contributed by atoms with E-state index in [-0.39, 0.29) is 12.0 Å². The van der Waals surface area contributed by atoms with Gasteiger partial charge in [-0.1, -0.05) is 37.3 Å². The van der Waals surface area contributed by atoms with E-state index >= 15 is 0 Å². The number of benzene rings is 1. The Morgan fingerprint density at radius 1 is 1.24 bits per heavy atom. The highest BCUT2D eigenvalue weighted by atomic mass is 16.6. The molecule has 3 heteroatoms. The van der Waals surface area contributed by atoms with Crippen molar-refractivity contribution in [3.63, 3.8) is 0 Å². The largest absolute Gasteiger partial charge is 0.447 e. The SMILES string of the molecule is CCc1ccc(C#CC2=C[C@H]3N4CCCC[C@@H]4C34OC(=O)C=C24)cc1. The summed E-state index contributed by atoms with van der Waals surface area (Å²) in [6, 6.07) is 8.91. The van der Waals surface area contributed by atoms with Gasteiger partial charge < -0.3 is 4.74 Å². The van der Waals surface area contributed by atoms with Crippen LogP contribution >= 0.6 is 0 Å². The molecule has 0 radical (unpaired) electrons. The van der Waals surface area contributed by atoms with Crippen LogP contribution in [0, 0.1) is 11.8 Å². The molecule has 1 unspecified atom stereocenters. The molecule has 3 aliphatic heterocycles. The van der Waals surface area contributed by atoms with Crippen LogP contribution in [0.3, 0.4) is 0 Å². The third-order valence-electron chi connectivity index (χ3n) is 6.11. The lowest BCUT2D eigenvalue weighted by molar-refractivity contribution is -0.194. The van der Waals surface area contributed by atoms with Gasteiger partial charge in [0.2, 0.25) is 0 Å². The van der Waals surface area contributed by atoms with Crippen molar-refractivity contribution < 1.29 is 9.53 Å². The molecule has 4 aliphatic rings. The van der Waals surface area contributed by atoms with Gasteiger partial charge in [0, 0.05) is 22.8 Å². The van der Waals surface area contributed by atoms with Crippen LogP contribution in [-0.2, 0) is 16.0 Å². The average Bonchev–Trinajstić information content (AvgIpc) is 3.12. The number of hydrogen-bond donors (Lipinski definition) is 0. The number of aryl methyl sites for hydroxylation is 1. The number of piperidine rings is 1. The van der Waals surface area contributed by atoms with Crippen molar-refractivity contribution in [2.24, 2.45) is 0 Å². The molecule has 25 heavy (non-hydrogen) atoms. The first-order chi connectivity index (χ1) is 12.2. The molecule has 126 valence electrons. The zero-order chi connectivity index (χ0) is 17.0. The highest BCUT2D eigenvalue weighted by Crippen LogP contribution is 2.57. The molecule has 3 atom stereocenters. The Balaban J connectivity index is 1.48.